The van der Waals surface area contributed by atoms with Gasteiger partial charge in [-0.2, -0.15) is 4.39 Å². The molecule has 0 unspecified atom stereocenters. The summed E-state index contributed by atoms with van der Waals surface area (Å²) < 4.78 is 23.5. The molecule has 2 N–H and O–H groups in total. The SMILES string of the molecule is COc1ccc(C(=O)NC(=S)Nc2ccc(F)c([N+](=O)[O-])c2)c(OC)c1. The number of nitro groups is 1. The van der Waals surface area contributed by atoms with E-state index in [0.717, 1.165) is 12.1 Å². The maximum absolute atomic E-state index is 13.3. The number of anilines is 1. The zero-order chi connectivity index (χ0) is 19.3. The minimum absolute atomic E-state index is 0.117. The van der Waals surface area contributed by atoms with Crippen LogP contribution >= 0.6 is 12.2 Å². The first kappa shape index (κ1) is 19.1. The van der Waals surface area contributed by atoms with Gasteiger partial charge < -0.3 is 14.8 Å². The first-order chi connectivity index (χ1) is 12.3. The fourth-order valence-corrected chi connectivity index (χ4v) is 2.26. The van der Waals surface area contributed by atoms with Crippen molar-refractivity contribution >= 4 is 34.6 Å². The highest BCUT2D eigenvalue weighted by molar-refractivity contribution is 7.80. The summed E-state index contributed by atoms with van der Waals surface area (Å²) in [5.41, 5.74) is -0.339. The van der Waals surface area contributed by atoms with E-state index in [2.05, 4.69) is 10.6 Å². The Hall–Kier alpha value is -3.27. The van der Waals surface area contributed by atoms with Crippen LogP contribution in [-0.4, -0.2) is 30.2 Å². The number of nitrogens with zero attached hydrogens (tertiary/aromatic N) is 1. The van der Waals surface area contributed by atoms with E-state index in [1.54, 1.807) is 6.07 Å². The molecule has 0 aliphatic heterocycles. The van der Waals surface area contributed by atoms with Gasteiger partial charge in [-0.1, -0.05) is 0 Å². The van der Waals surface area contributed by atoms with Crippen LogP contribution in [0.4, 0.5) is 15.8 Å². The van der Waals surface area contributed by atoms with E-state index in [0.29, 0.717) is 5.75 Å². The summed E-state index contributed by atoms with van der Waals surface area (Å²) in [7, 11) is 2.88. The van der Waals surface area contributed by atoms with E-state index in [1.807, 2.05) is 0 Å². The molecule has 0 aliphatic rings. The minimum atomic E-state index is -0.974. The molecule has 136 valence electrons. The smallest absolute Gasteiger partial charge is 0.306 e. The van der Waals surface area contributed by atoms with Crippen LogP contribution in [0.25, 0.3) is 0 Å². The fraction of sp³-hybridized carbons (Fsp3) is 0.125. The third-order valence-electron chi connectivity index (χ3n) is 3.28. The zero-order valence-electron chi connectivity index (χ0n) is 13.7. The highest BCUT2D eigenvalue weighted by atomic mass is 32.1. The monoisotopic (exact) mass is 379 g/mol. The summed E-state index contributed by atoms with van der Waals surface area (Å²) in [6.07, 6.45) is 0. The first-order valence-corrected chi connectivity index (χ1v) is 7.55. The van der Waals surface area contributed by atoms with Crippen molar-refractivity contribution in [2.45, 2.75) is 0 Å². The van der Waals surface area contributed by atoms with Gasteiger partial charge in [0.1, 0.15) is 11.5 Å². The molecule has 10 heteroatoms. The Morgan fingerprint density at radius 3 is 2.54 bits per heavy atom. The standard InChI is InChI=1S/C16H14FN3O5S/c1-24-10-4-5-11(14(8-10)25-2)15(21)19-16(26)18-9-3-6-12(17)13(7-9)20(22)23/h3-8H,1-2H3,(H2,18,19,21,26). The van der Waals surface area contributed by atoms with E-state index in [1.165, 1.54) is 32.4 Å². The average molecular weight is 379 g/mol. The van der Waals surface area contributed by atoms with E-state index >= 15 is 0 Å². The van der Waals surface area contributed by atoms with Crippen LogP contribution in [0.1, 0.15) is 10.4 Å². The maximum Gasteiger partial charge on any atom is 0.306 e. The number of benzene rings is 2. The molecule has 26 heavy (non-hydrogen) atoms. The van der Waals surface area contributed by atoms with Gasteiger partial charge in [0.25, 0.3) is 5.91 Å². The number of nitro benzene ring substituents is 1. The Balaban J connectivity index is 2.12. The summed E-state index contributed by atoms with van der Waals surface area (Å²) in [5, 5.41) is 15.6. The van der Waals surface area contributed by atoms with E-state index in [4.69, 9.17) is 21.7 Å². The van der Waals surface area contributed by atoms with Crippen molar-refractivity contribution in [2.75, 3.05) is 19.5 Å². The number of halogens is 1. The molecule has 0 aromatic heterocycles. The van der Waals surface area contributed by atoms with Crippen molar-refractivity contribution in [3.63, 3.8) is 0 Å². The Labute approximate surface area is 153 Å². The first-order valence-electron chi connectivity index (χ1n) is 7.14. The largest absolute Gasteiger partial charge is 0.497 e. The molecular weight excluding hydrogens is 365 g/mol. The van der Waals surface area contributed by atoms with Crippen molar-refractivity contribution in [2.24, 2.45) is 0 Å². The van der Waals surface area contributed by atoms with Gasteiger partial charge in [-0.05, 0) is 36.5 Å². The molecular formula is C16H14FN3O5S. The van der Waals surface area contributed by atoms with Crippen molar-refractivity contribution in [1.82, 2.24) is 5.32 Å². The molecule has 0 heterocycles. The third kappa shape index (κ3) is 4.42. The Bertz CT molecular complexity index is 875. The second kappa shape index (κ2) is 8.21. The van der Waals surface area contributed by atoms with Crippen molar-refractivity contribution in [3.05, 3.63) is 57.9 Å². The summed E-state index contributed by atoms with van der Waals surface area (Å²) in [4.78, 5) is 22.2. The lowest BCUT2D eigenvalue weighted by molar-refractivity contribution is -0.387. The number of hydrogen-bond acceptors (Lipinski definition) is 6. The lowest BCUT2D eigenvalue weighted by atomic mass is 10.2. The molecule has 2 aromatic rings. The van der Waals surface area contributed by atoms with Crippen molar-refractivity contribution in [3.8, 4) is 11.5 Å². The van der Waals surface area contributed by atoms with E-state index in [9.17, 15) is 19.3 Å². The van der Waals surface area contributed by atoms with Gasteiger partial charge in [-0.3, -0.25) is 20.2 Å². The van der Waals surface area contributed by atoms with Crippen LogP contribution in [0.2, 0.25) is 0 Å². The highest BCUT2D eigenvalue weighted by Crippen LogP contribution is 2.25. The van der Waals surface area contributed by atoms with Gasteiger partial charge in [-0.25, -0.2) is 0 Å². The predicted octanol–water partition coefficient (Wildman–Crippen LogP) is 2.88. The molecule has 2 aromatic carbocycles. The van der Waals surface area contributed by atoms with Gasteiger partial charge in [0, 0.05) is 17.8 Å². The molecule has 0 fully saturated rings. The number of rotatable bonds is 5. The van der Waals surface area contributed by atoms with Crippen LogP contribution in [-0.2, 0) is 0 Å². The van der Waals surface area contributed by atoms with Crippen LogP contribution in [0.15, 0.2) is 36.4 Å². The van der Waals surface area contributed by atoms with Crippen LogP contribution in [0.5, 0.6) is 11.5 Å². The number of amides is 1. The number of ether oxygens (including phenoxy) is 2. The summed E-state index contributed by atoms with van der Waals surface area (Å²) >= 11 is 5.01. The van der Waals surface area contributed by atoms with Gasteiger partial charge in [-0.15, -0.1) is 0 Å². The van der Waals surface area contributed by atoms with Crippen molar-refractivity contribution < 1.29 is 23.6 Å². The lowest BCUT2D eigenvalue weighted by Crippen LogP contribution is -2.34. The summed E-state index contributed by atoms with van der Waals surface area (Å²) in [6, 6.07) is 7.78. The van der Waals surface area contributed by atoms with Gasteiger partial charge >= 0.3 is 5.69 Å². The summed E-state index contributed by atoms with van der Waals surface area (Å²) in [6.45, 7) is 0. The van der Waals surface area contributed by atoms with Gasteiger partial charge in [0.05, 0.1) is 24.7 Å². The molecule has 0 bridgehead atoms. The second-order valence-electron chi connectivity index (χ2n) is 4.90. The number of carbonyl (C=O) groups excluding carboxylic acids is 1. The van der Waals surface area contributed by atoms with Crippen LogP contribution in [0.3, 0.4) is 0 Å². The Morgan fingerprint density at radius 2 is 1.92 bits per heavy atom. The normalized spacial score (nSPS) is 9.96. The number of carbonyl (C=O) groups is 1. The number of hydrogen-bond donors (Lipinski definition) is 2. The zero-order valence-corrected chi connectivity index (χ0v) is 14.6. The molecule has 0 atom stereocenters. The fourth-order valence-electron chi connectivity index (χ4n) is 2.05. The van der Waals surface area contributed by atoms with Crippen LogP contribution < -0.4 is 20.1 Å². The molecule has 0 saturated carbocycles. The summed E-state index contributed by atoms with van der Waals surface area (Å²) in [5.74, 6) is -0.739. The molecule has 0 aliphatic carbocycles. The number of thiocarbonyl (C=S) groups is 1. The maximum atomic E-state index is 13.3. The second-order valence-corrected chi connectivity index (χ2v) is 5.31. The molecule has 0 saturated heterocycles. The Morgan fingerprint density at radius 1 is 1.19 bits per heavy atom. The van der Waals surface area contributed by atoms with Gasteiger partial charge in [0.2, 0.25) is 5.82 Å². The average Bonchev–Trinajstić information content (AvgIpc) is 2.62. The minimum Gasteiger partial charge on any atom is -0.497 e. The number of methoxy groups -OCH3 is 2. The molecule has 0 spiro atoms. The van der Waals surface area contributed by atoms with E-state index < -0.39 is 22.3 Å². The third-order valence-corrected chi connectivity index (χ3v) is 3.49. The van der Waals surface area contributed by atoms with Gasteiger partial charge in [0.15, 0.2) is 5.11 Å². The lowest BCUT2D eigenvalue weighted by Gasteiger charge is -2.12. The Kier molecular flexibility index (Phi) is 6.02. The quantitative estimate of drug-likeness (QED) is 0.468. The molecule has 0 radical (unpaired) electrons. The predicted molar refractivity (Wildman–Crippen MR) is 96.3 cm³/mol. The van der Waals surface area contributed by atoms with Crippen molar-refractivity contribution in [1.29, 1.82) is 0 Å². The molecule has 1 amide bonds. The number of nitrogens with one attached hydrogen (secondary N) is 2. The van der Waals surface area contributed by atoms with E-state index in [-0.39, 0.29) is 22.1 Å². The van der Waals surface area contributed by atoms with Crippen LogP contribution in [0, 0.1) is 15.9 Å². The highest BCUT2D eigenvalue weighted by Gasteiger charge is 2.17. The molecule has 2 rings (SSSR count). The topological polar surface area (TPSA) is 103 Å². The molecule has 8 nitrogen and oxygen atoms in total.